The Morgan fingerprint density at radius 1 is 0.905 bits per heavy atom. The first-order valence-corrected chi connectivity index (χ1v) is 14.2. The maximum absolute atomic E-state index is 12.5. The Morgan fingerprint density at radius 2 is 1.45 bits per heavy atom. The highest BCUT2D eigenvalue weighted by Crippen LogP contribution is 2.11. The Morgan fingerprint density at radius 3 is 1.93 bits per heavy atom. The van der Waals surface area contributed by atoms with Gasteiger partial charge in [-0.25, -0.2) is 0 Å². The van der Waals surface area contributed by atoms with Gasteiger partial charge >= 0.3 is 17.9 Å². The van der Waals surface area contributed by atoms with Crippen molar-refractivity contribution in [1.29, 1.82) is 0 Å². The van der Waals surface area contributed by atoms with Crippen LogP contribution in [-0.4, -0.2) is 173 Å². The van der Waals surface area contributed by atoms with Gasteiger partial charge in [-0.15, -0.1) is 0 Å². The Kier molecular flexibility index (Phi) is 14.3. The summed E-state index contributed by atoms with van der Waals surface area (Å²) in [5, 5.41) is 41.6. The van der Waals surface area contributed by atoms with E-state index < -0.39 is 29.9 Å². The molecule has 0 aromatic rings. The van der Waals surface area contributed by atoms with E-state index in [0.29, 0.717) is 19.5 Å². The lowest BCUT2D eigenvalue weighted by Gasteiger charge is -2.35. The lowest BCUT2D eigenvalue weighted by atomic mass is 10.1. The first-order valence-electron chi connectivity index (χ1n) is 14.7. The van der Waals surface area contributed by atoms with Crippen molar-refractivity contribution in [2.75, 3.05) is 91.6 Å². The van der Waals surface area contributed by atoms with E-state index in [0.717, 1.165) is 6.54 Å². The topological polar surface area (TPSA) is 225 Å². The minimum absolute atomic E-state index is 0.0207. The summed E-state index contributed by atoms with van der Waals surface area (Å²) in [7, 11) is 0. The smallest absolute Gasteiger partial charge is 0.320 e. The maximum atomic E-state index is 12.5. The van der Waals surface area contributed by atoms with Crippen molar-refractivity contribution in [1.82, 2.24) is 29.9 Å². The van der Waals surface area contributed by atoms with Crippen LogP contribution in [0.15, 0.2) is 10.3 Å². The highest BCUT2D eigenvalue weighted by atomic mass is 16.4. The second-order valence-electron chi connectivity index (χ2n) is 10.6. The van der Waals surface area contributed by atoms with Crippen LogP contribution in [0.3, 0.4) is 0 Å². The van der Waals surface area contributed by atoms with Crippen molar-refractivity contribution < 1.29 is 40.7 Å². The van der Waals surface area contributed by atoms with E-state index in [2.05, 4.69) is 15.7 Å². The van der Waals surface area contributed by atoms with E-state index in [-0.39, 0.29) is 96.8 Å². The van der Waals surface area contributed by atoms with Crippen LogP contribution >= 0.6 is 0 Å². The highest BCUT2D eigenvalue weighted by molar-refractivity contribution is 5.78. The number of amides is 2. The van der Waals surface area contributed by atoms with Crippen LogP contribution in [-0.2, 0) is 24.0 Å². The number of carbonyl (C=O) groups excluding carboxylic acids is 2. The summed E-state index contributed by atoms with van der Waals surface area (Å²) in [6.07, 6.45) is 0.654. The number of hydrogen-bond donors (Lipinski definition) is 5. The summed E-state index contributed by atoms with van der Waals surface area (Å²) >= 11 is 0. The molecule has 42 heavy (non-hydrogen) atoms. The zero-order valence-electron chi connectivity index (χ0n) is 25.2. The first-order chi connectivity index (χ1) is 20.5. The molecule has 2 unspecified atom stereocenters. The molecule has 2 aliphatic heterocycles. The largest absolute Gasteiger partial charge is 0.480 e. The van der Waals surface area contributed by atoms with Crippen molar-refractivity contribution in [3.05, 3.63) is 0 Å². The van der Waals surface area contributed by atoms with Crippen LogP contribution in [0.2, 0.25) is 1.41 Å². The summed E-state index contributed by atoms with van der Waals surface area (Å²) in [6, 6.07) is -0.895. The minimum Gasteiger partial charge on any atom is -0.480 e. The normalized spacial score (nSPS) is 21.1. The predicted molar refractivity (Wildman–Crippen MR) is 150 cm³/mol. The van der Waals surface area contributed by atoms with Gasteiger partial charge in [-0.2, -0.15) is 5.11 Å². The van der Waals surface area contributed by atoms with Crippen LogP contribution in [0.25, 0.3) is 0 Å². The minimum atomic E-state index is -1.13. The Labute approximate surface area is 246 Å². The quantitative estimate of drug-likeness (QED) is 0.124. The number of aliphatic carboxylic acids is 3. The standard InChI is InChI=1S/C25H45N9O8/c1-19-15-34(29-28-19)6-2-5-27-22(36)4-3-20(25(41)42)33-13-11-31(17-23(37)38)9-7-30(16-21(26)35)8-10-32(12-14-33)18-24(39)40/h19-20H,2-18H2,1H3,(H2,26,35)(H,27,36)(H,37,38)(H,39,40)(H,41,42)/i/hT. The van der Waals surface area contributed by atoms with E-state index in [9.17, 15) is 39.3 Å². The van der Waals surface area contributed by atoms with E-state index in [4.69, 9.17) is 1.41 Å². The van der Waals surface area contributed by atoms with Gasteiger partial charge in [-0.1, -0.05) is 5.22 Å². The number of carboxylic acids is 3. The fraction of sp³-hybridized carbons (Fsp3) is 0.800. The Balaban J connectivity index is 2.05. The predicted octanol–water partition coefficient (Wildman–Crippen LogP) is -2.33. The van der Waals surface area contributed by atoms with Crippen LogP contribution in [0.4, 0.5) is 0 Å². The molecule has 2 atom stereocenters. The molecule has 6 N–H and O–H groups in total. The summed E-state index contributed by atoms with van der Waals surface area (Å²) in [4.78, 5) is 66.4. The highest BCUT2D eigenvalue weighted by Gasteiger charge is 2.28. The molecular formula is C25H45N9O8. The maximum Gasteiger partial charge on any atom is 0.320 e. The van der Waals surface area contributed by atoms with Crippen molar-refractivity contribution in [2.24, 2.45) is 16.1 Å². The van der Waals surface area contributed by atoms with Gasteiger partial charge in [0.15, 0.2) is 1.41 Å². The van der Waals surface area contributed by atoms with E-state index in [1.165, 1.54) is 0 Å². The molecule has 2 rings (SSSR count). The van der Waals surface area contributed by atoms with Gasteiger partial charge in [0.25, 0.3) is 0 Å². The first kappa shape index (κ1) is 33.1. The van der Waals surface area contributed by atoms with Gasteiger partial charge in [0.05, 0.1) is 32.2 Å². The average Bonchev–Trinajstić information content (AvgIpc) is 3.35. The third-order valence-corrected chi connectivity index (χ3v) is 7.09. The number of nitrogens with two attached hydrogens (primary N) is 1. The van der Waals surface area contributed by atoms with Crippen molar-refractivity contribution in [3.63, 3.8) is 0 Å². The summed E-state index contributed by atoms with van der Waals surface area (Å²) in [5.41, 5.74) is 1.82. The lowest BCUT2D eigenvalue weighted by Crippen LogP contribution is -2.52. The lowest BCUT2D eigenvalue weighted by molar-refractivity contribution is -0.145. The monoisotopic (exact) mass is 601 g/mol. The van der Waals surface area contributed by atoms with E-state index in [1.807, 2.05) is 17.7 Å². The number of hydrogen-bond acceptors (Lipinski definition) is 12. The van der Waals surface area contributed by atoms with Crippen LogP contribution in [0.5, 0.6) is 0 Å². The molecule has 2 amide bonds. The van der Waals surface area contributed by atoms with Crippen molar-refractivity contribution >= 4 is 29.7 Å². The van der Waals surface area contributed by atoms with E-state index >= 15 is 0 Å². The Hall–Kier alpha value is -3.41. The number of nitrogens with one attached hydrogen (secondary N) is 1. The fourth-order valence-corrected chi connectivity index (χ4v) is 4.91. The van der Waals surface area contributed by atoms with Crippen LogP contribution < -0.4 is 11.0 Å². The number of primary amides is 1. The van der Waals surface area contributed by atoms with Gasteiger partial charge < -0.3 is 26.4 Å². The molecule has 2 heterocycles. The molecule has 1 saturated heterocycles. The summed E-state index contributed by atoms with van der Waals surface area (Å²) in [5.74, 6) is -4.08. The Bertz CT molecular complexity index is 943. The molecule has 2 aliphatic rings. The molecule has 0 aliphatic carbocycles. The number of carboxylic acid groups (broad SMARTS) is 3. The molecule has 0 aromatic carbocycles. The van der Waals surface area contributed by atoms with Crippen LogP contribution in [0.1, 0.15) is 26.2 Å². The summed E-state index contributed by atoms with van der Waals surface area (Å²) < 4.78 is 7.08. The summed E-state index contributed by atoms with van der Waals surface area (Å²) in [6.45, 7) is 4.87. The third-order valence-electron chi connectivity index (χ3n) is 7.09. The van der Waals surface area contributed by atoms with Gasteiger partial charge in [-0.3, -0.25) is 48.6 Å². The SMILES string of the molecule is [3H]NC(=O)CN1CCN(CC(=O)O)CCN(C(CCC(=O)NCCCN2CC(C)N=N2)C(=O)O)CCN(CC(=O)O)CC1. The van der Waals surface area contributed by atoms with Gasteiger partial charge in [0.1, 0.15) is 6.04 Å². The van der Waals surface area contributed by atoms with Gasteiger partial charge in [-0.05, 0) is 19.8 Å². The molecule has 0 spiro atoms. The van der Waals surface area contributed by atoms with Gasteiger partial charge in [0.2, 0.25) is 11.8 Å². The van der Waals surface area contributed by atoms with Crippen molar-refractivity contribution in [2.45, 2.75) is 38.3 Å². The number of carbonyl (C=O) groups is 5. The number of rotatable bonds is 15. The van der Waals surface area contributed by atoms with Crippen molar-refractivity contribution in [3.8, 4) is 0 Å². The average molecular weight is 602 g/mol. The molecule has 238 valence electrons. The molecule has 17 nitrogen and oxygen atoms in total. The van der Waals surface area contributed by atoms with E-state index in [1.54, 1.807) is 19.6 Å². The zero-order chi connectivity index (χ0) is 31.8. The molecule has 0 aromatic heterocycles. The molecule has 0 radical (unpaired) electrons. The molecule has 17 heteroatoms. The molecule has 0 saturated carbocycles. The molecule has 1 fully saturated rings. The van der Waals surface area contributed by atoms with Gasteiger partial charge in [0, 0.05) is 71.9 Å². The molecule has 0 bridgehead atoms. The zero-order valence-corrected chi connectivity index (χ0v) is 24.2. The second kappa shape index (κ2) is 18.2. The number of nitrogens with zero attached hydrogens (tertiary/aromatic N) is 7. The second-order valence-corrected chi connectivity index (χ2v) is 10.6. The fourth-order valence-electron chi connectivity index (χ4n) is 4.91. The van der Waals surface area contributed by atoms with Crippen LogP contribution in [0, 0.1) is 0 Å². The molecular weight excluding hydrogens is 554 g/mol. The third kappa shape index (κ3) is 14.0.